The van der Waals surface area contributed by atoms with Crippen molar-refractivity contribution in [3.05, 3.63) is 46.2 Å². The Morgan fingerprint density at radius 1 is 1.21 bits per heavy atom. The largest absolute Gasteiger partial charge is 0.352 e. The van der Waals surface area contributed by atoms with Crippen molar-refractivity contribution in [1.82, 2.24) is 14.1 Å². The van der Waals surface area contributed by atoms with E-state index in [0.717, 1.165) is 29.2 Å². The monoisotopic (exact) mass is 289 g/mol. The number of rotatable bonds is 4. The summed E-state index contributed by atoms with van der Waals surface area (Å²) in [6.45, 7) is 0.646. The minimum absolute atomic E-state index is 0.0635. The standard InChI is InChI=1S/C13H11N3OS2/c17-13(14-6-5-10-2-1-7-18-10)9-3-4-11-12(8-9)16-19-15-11/h1-4,7-8H,5-6H2,(H,14,17). The fourth-order valence-corrected chi connectivity index (χ4v) is 3.01. The van der Waals surface area contributed by atoms with E-state index in [1.807, 2.05) is 17.5 Å². The lowest BCUT2D eigenvalue weighted by atomic mass is 10.2. The fourth-order valence-electron chi connectivity index (χ4n) is 1.78. The molecule has 0 aliphatic carbocycles. The summed E-state index contributed by atoms with van der Waals surface area (Å²) >= 11 is 2.86. The molecule has 4 nitrogen and oxygen atoms in total. The number of thiophene rings is 1. The topological polar surface area (TPSA) is 54.9 Å². The third kappa shape index (κ3) is 2.80. The van der Waals surface area contributed by atoms with Crippen LogP contribution in [0.4, 0.5) is 0 Å². The number of benzene rings is 1. The van der Waals surface area contributed by atoms with Crippen LogP contribution in [-0.4, -0.2) is 21.2 Å². The van der Waals surface area contributed by atoms with Crippen LogP contribution in [0.15, 0.2) is 35.7 Å². The van der Waals surface area contributed by atoms with Crippen molar-refractivity contribution in [1.29, 1.82) is 0 Å². The Morgan fingerprint density at radius 3 is 2.95 bits per heavy atom. The fraction of sp³-hybridized carbons (Fsp3) is 0.154. The summed E-state index contributed by atoms with van der Waals surface area (Å²) in [7, 11) is 0. The summed E-state index contributed by atoms with van der Waals surface area (Å²) < 4.78 is 8.25. The van der Waals surface area contributed by atoms with Gasteiger partial charge in [-0.1, -0.05) is 6.07 Å². The van der Waals surface area contributed by atoms with Crippen LogP contribution in [0.5, 0.6) is 0 Å². The summed E-state index contributed by atoms with van der Waals surface area (Å²) in [4.78, 5) is 13.3. The van der Waals surface area contributed by atoms with Crippen molar-refractivity contribution in [2.24, 2.45) is 0 Å². The van der Waals surface area contributed by atoms with Crippen molar-refractivity contribution >= 4 is 40.0 Å². The van der Waals surface area contributed by atoms with Gasteiger partial charge >= 0.3 is 0 Å². The molecule has 0 fully saturated rings. The lowest BCUT2D eigenvalue weighted by Gasteiger charge is -2.04. The summed E-state index contributed by atoms with van der Waals surface area (Å²) in [6.07, 6.45) is 0.865. The number of nitrogens with one attached hydrogen (secondary N) is 1. The molecule has 3 rings (SSSR count). The molecule has 0 spiro atoms. The van der Waals surface area contributed by atoms with Crippen LogP contribution in [0.1, 0.15) is 15.2 Å². The van der Waals surface area contributed by atoms with Gasteiger partial charge in [-0.25, -0.2) is 0 Å². The highest BCUT2D eigenvalue weighted by atomic mass is 32.1. The summed E-state index contributed by atoms with van der Waals surface area (Å²) in [5, 5.41) is 4.96. The Hall–Kier alpha value is -1.79. The molecular weight excluding hydrogens is 278 g/mol. The Kier molecular flexibility index (Phi) is 3.52. The Morgan fingerprint density at radius 2 is 2.11 bits per heavy atom. The van der Waals surface area contributed by atoms with Gasteiger partial charge in [0, 0.05) is 17.0 Å². The lowest BCUT2D eigenvalue weighted by Crippen LogP contribution is -2.25. The SMILES string of the molecule is O=C(NCCc1cccs1)c1ccc2nsnc2c1. The van der Waals surface area contributed by atoms with Crippen LogP contribution in [0, 0.1) is 0 Å². The molecule has 0 bridgehead atoms. The van der Waals surface area contributed by atoms with Gasteiger partial charge in [-0.15, -0.1) is 11.3 Å². The highest BCUT2D eigenvalue weighted by Crippen LogP contribution is 2.13. The minimum Gasteiger partial charge on any atom is -0.352 e. The average molecular weight is 289 g/mol. The quantitative estimate of drug-likeness (QED) is 0.803. The summed E-state index contributed by atoms with van der Waals surface area (Å²) in [5.41, 5.74) is 2.24. The molecule has 0 saturated heterocycles. The second-order valence-corrected chi connectivity index (χ2v) is 5.61. The number of hydrogen-bond acceptors (Lipinski definition) is 5. The van der Waals surface area contributed by atoms with Gasteiger partial charge in [-0.2, -0.15) is 8.75 Å². The van der Waals surface area contributed by atoms with Crippen molar-refractivity contribution in [3.63, 3.8) is 0 Å². The van der Waals surface area contributed by atoms with Crippen LogP contribution in [-0.2, 0) is 6.42 Å². The molecule has 0 unspecified atom stereocenters. The normalized spacial score (nSPS) is 10.7. The first kappa shape index (κ1) is 12.3. The van der Waals surface area contributed by atoms with Gasteiger partial charge in [-0.3, -0.25) is 4.79 Å². The summed E-state index contributed by atoms with van der Waals surface area (Å²) in [5.74, 6) is -0.0635. The molecule has 0 atom stereocenters. The van der Waals surface area contributed by atoms with E-state index >= 15 is 0 Å². The first-order chi connectivity index (χ1) is 9.33. The predicted octanol–water partition coefficient (Wildman–Crippen LogP) is 2.73. The molecule has 0 saturated carbocycles. The number of fused-ring (bicyclic) bond motifs is 1. The molecule has 0 radical (unpaired) electrons. The highest BCUT2D eigenvalue weighted by molar-refractivity contribution is 7.09. The van der Waals surface area contributed by atoms with E-state index in [9.17, 15) is 4.79 Å². The molecule has 1 amide bonds. The molecule has 0 aliphatic heterocycles. The highest BCUT2D eigenvalue weighted by Gasteiger charge is 2.07. The van der Waals surface area contributed by atoms with Gasteiger partial charge in [0.2, 0.25) is 0 Å². The Balaban J connectivity index is 1.63. The predicted molar refractivity (Wildman–Crippen MR) is 77.8 cm³/mol. The first-order valence-corrected chi connectivity index (χ1v) is 7.47. The van der Waals surface area contributed by atoms with Gasteiger partial charge in [0.1, 0.15) is 11.0 Å². The van der Waals surface area contributed by atoms with Crippen molar-refractivity contribution in [3.8, 4) is 0 Å². The number of hydrogen-bond donors (Lipinski definition) is 1. The molecule has 3 aromatic rings. The van der Waals surface area contributed by atoms with Gasteiger partial charge in [0.05, 0.1) is 11.7 Å². The van der Waals surface area contributed by atoms with E-state index in [1.54, 1.807) is 23.5 Å². The van der Waals surface area contributed by atoms with Gasteiger partial charge in [0.25, 0.3) is 5.91 Å². The first-order valence-electron chi connectivity index (χ1n) is 5.86. The van der Waals surface area contributed by atoms with E-state index in [4.69, 9.17) is 0 Å². The summed E-state index contributed by atoms with van der Waals surface area (Å²) in [6, 6.07) is 9.48. The molecular formula is C13H11N3OS2. The van der Waals surface area contributed by atoms with E-state index in [2.05, 4.69) is 20.1 Å². The second-order valence-electron chi connectivity index (χ2n) is 4.05. The minimum atomic E-state index is -0.0635. The maximum absolute atomic E-state index is 12.0. The van der Waals surface area contributed by atoms with E-state index in [0.29, 0.717) is 12.1 Å². The molecule has 2 heterocycles. The molecule has 2 aromatic heterocycles. The van der Waals surface area contributed by atoms with Crippen molar-refractivity contribution in [2.75, 3.05) is 6.54 Å². The third-order valence-corrected chi connectivity index (χ3v) is 4.25. The Labute approximate surface area is 118 Å². The van der Waals surface area contributed by atoms with Crippen LogP contribution < -0.4 is 5.32 Å². The van der Waals surface area contributed by atoms with E-state index in [1.165, 1.54) is 4.88 Å². The molecule has 6 heteroatoms. The molecule has 19 heavy (non-hydrogen) atoms. The maximum Gasteiger partial charge on any atom is 0.251 e. The zero-order valence-corrected chi connectivity index (χ0v) is 11.6. The van der Waals surface area contributed by atoms with Crippen LogP contribution in [0.25, 0.3) is 11.0 Å². The van der Waals surface area contributed by atoms with Crippen LogP contribution >= 0.6 is 23.1 Å². The third-order valence-electron chi connectivity index (χ3n) is 2.75. The van der Waals surface area contributed by atoms with Crippen molar-refractivity contribution in [2.45, 2.75) is 6.42 Å². The zero-order valence-electron chi connectivity index (χ0n) is 10.00. The van der Waals surface area contributed by atoms with Crippen LogP contribution in [0.2, 0.25) is 0 Å². The number of carbonyl (C=O) groups excluding carboxylic acids is 1. The van der Waals surface area contributed by atoms with Gasteiger partial charge in [-0.05, 0) is 36.1 Å². The maximum atomic E-state index is 12.0. The molecule has 0 aliphatic rings. The number of carbonyl (C=O) groups is 1. The number of nitrogens with zero attached hydrogens (tertiary/aromatic N) is 2. The Bertz CT molecular complexity index is 691. The zero-order chi connectivity index (χ0) is 13.1. The molecule has 1 aromatic carbocycles. The van der Waals surface area contributed by atoms with E-state index in [-0.39, 0.29) is 5.91 Å². The second kappa shape index (κ2) is 5.46. The van der Waals surface area contributed by atoms with Crippen molar-refractivity contribution < 1.29 is 4.79 Å². The van der Waals surface area contributed by atoms with Crippen LogP contribution in [0.3, 0.4) is 0 Å². The average Bonchev–Trinajstić information content (AvgIpc) is 3.08. The molecule has 1 N–H and O–H groups in total. The number of aromatic nitrogens is 2. The number of amides is 1. The van der Waals surface area contributed by atoms with Gasteiger partial charge in [0.15, 0.2) is 0 Å². The van der Waals surface area contributed by atoms with Gasteiger partial charge < -0.3 is 5.32 Å². The smallest absolute Gasteiger partial charge is 0.251 e. The molecule has 96 valence electrons. The lowest BCUT2D eigenvalue weighted by molar-refractivity contribution is 0.0954. The van der Waals surface area contributed by atoms with E-state index < -0.39 is 0 Å².